The highest BCUT2D eigenvalue weighted by molar-refractivity contribution is 7.80. The van der Waals surface area contributed by atoms with Crippen LogP contribution in [0.2, 0.25) is 0 Å². The first-order chi connectivity index (χ1) is 5.27. The molecule has 1 aliphatic carbocycles. The SMILES string of the molecule is NC(=S)N1CC2CCCC2C1. The van der Waals surface area contributed by atoms with Gasteiger partial charge in [0.05, 0.1) is 0 Å². The zero-order valence-corrected chi connectivity index (χ0v) is 7.44. The summed E-state index contributed by atoms with van der Waals surface area (Å²) in [5.74, 6) is 1.80. The fourth-order valence-corrected chi connectivity index (χ4v) is 2.56. The molecule has 0 aromatic heterocycles. The molecule has 0 radical (unpaired) electrons. The van der Waals surface area contributed by atoms with Gasteiger partial charge in [0.25, 0.3) is 0 Å². The summed E-state index contributed by atoms with van der Waals surface area (Å²) in [7, 11) is 0. The molecule has 0 aromatic carbocycles. The van der Waals surface area contributed by atoms with Crippen LogP contribution in [0.5, 0.6) is 0 Å². The van der Waals surface area contributed by atoms with Gasteiger partial charge in [-0.3, -0.25) is 0 Å². The molecule has 2 unspecified atom stereocenters. The molecular formula is C8H14N2S. The third-order valence-corrected chi connectivity index (χ3v) is 3.30. The molecule has 3 heteroatoms. The van der Waals surface area contributed by atoms with Gasteiger partial charge in [0, 0.05) is 13.1 Å². The van der Waals surface area contributed by atoms with Crippen LogP contribution in [0, 0.1) is 11.8 Å². The average molecular weight is 170 g/mol. The molecule has 1 saturated heterocycles. The van der Waals surface area contributed by atoms with E-state index in [0.29, 0.717) is 5.11 Å². The third kappa shape index (κ3) is 1.22. The van der Waals surface area contributed by atoms with E-state index in [1.54, 1.807) is 0 Å². The molecule has 2 aliphatic rings. The van der Waals surface area contributed by atoms with E-state index in [-0.39, 0.29) is 0 Å². The topological polar surface area (TPSA) is 29.3 Å². The van der Waals surface area contributed by atoms with Gasteiger partial charge in [0.2, 0.25) is 0 Å². The van der Waals surface area contributed by atoms with E-state index in [2.05, 4.69) is 4.90 Å². The highest BCUT2D eigenvalue weighted by Crippen LogP contribution is 2.37. The van der Waals surface area contributed by atoms with Gasteiger partial charge in [0.15, 0.2) is 5.11 Å². The summed E-state index contributed by atoms with van der Waals surface area (Å²) in [6.45, 7) is 2.25. The van der Waals surface area contributed by atoms with Crippen LogP contribution in [0.4, 0.5) is 0 Å². The van der Waals surface area contributed by atoms with Gasteiger partial charge in [0.1, 0.15) is 0 Å². The maximum Gasteiger partial charge on any atom is 0.166 e. The first-order valence-electron chi connectivity index (χ1n) is 4.32. The number of nitrogens with zero attached hydrogens (tertiary/aromatic N) is 1. The van der Waals surface area contributed by atoms with Gasteiger partial charge in [-0.15, -0.1) is 0 Å². The molecule has 0 amide bonds. The lowest BCUT2D eigenvalue weighted by Crippen LogP contribution is -2.33. The Morgan fingerprint density at radius 2 is 1.82 bits per heavy atom. The smallest absolute Gasteiger partial charge is 0.166 e. The maximum absolute atomic E-state index is 5.56. The Morgan fingerprint density at radius 3 is 2.27 bits per heavy atom. The van der Waals surface area contributed by atoms with E-state index in [1.165, 1.54) is 19.3 Å². The van der Waals surface area contributed by atoms with Crippen molar-refractivity contribution in [2.45, 2.75) is 19.3 Å². The normalized spacial score (nSPS) is 35.8. The number of nitrogens with two attached hydrogens (primary N) is 1. The zero-order valence-electron chi connectivity index (χ0n) is 6.62. The fourth-order valence-electron chi connectivity index (χ4n) is 2.41. The van der Waals surface area contributed by atoms with Gasteiger partial charge in [-0.25, -0.2) is 0 Å². The van der Waals surface area contributed by atoms with Gasteiger partial charge in [-0.2, -0.15) is 0 Å². The van der Waals surface area contributed by atoms with E-state index in [4.69, 9.17) is 18.0 Å². The van der Waals surface area contributed by atoms with Crippen molar-refractivity contribution >= 4 is 17.3 Å². The summed E-state index contributed by atoms with van der Waals surface area (Å²) < 4.78 is 0. The molecule has 62 valence electrons. The van der Waals surface area contributed by atoms with E-state index in [0.717, 1.165) is 24.9 Å². The maximum atomic E-state index is 5.56. The number of rotatable bonds is 0. The lowest BCUT2D eigenvalue weighted by molar-refractivity contribution is 0.467. The van der Waals surface area contributed by atoms with Gasteiger partial charge < -0.3 is 10.6 Å². The van der Waals surface area contributed by atoms with Gasteiger partial charge in [-0.1, -0.05) is 6.42 Å². The lowest BCUT2D eigenvalue weighted by atomic mass is 10.0. The van der Waals surface area contributed by atoms with Crippen molar-refractivity contribution in [3.05, 3.63) is 0 Å². The quantitative estimate of drug-likeness (QED) is 0.549. The second-order valence-electron chi connectivity index (χ2n) is 3.69. The molecule has 0 spiro atoms. The number of fused-ring (bicyclic) bond motifs is 1. The summed E-state index contributed by atoms with van der Waals surface area (Å²) in [5, 5.41) is 0.597. The van der Waals surface area contributed by atoms with Crippen molar-refractivity contribution in [2.24, 2.45) is 17.6 Å². The molecule has 2 rings (SSSR count). The summed E-state index contributed by atoms with van der Waals surface area (Å²) in [6, 6.07) is 0. The van der Waals surface area contributed by atoms with Crippen LogP contribution in [0.1, 0.15) is 19.3 Å². The second kappa shape index (κ2) is 2.63. The average Bonchev–Trinajstić information content (AvgIpc) is 2.40. The van der Waals surface area contributed by atoms with E-state index in [9.17, 15) is 0 Å². The Kier molecular flexibility index (Phi) is 1.75. The minimum Gasteiger partial charge on any atom is -0.376 e. The molecule has 2 atom stereocenters. The summed E-state index contributed by atoms with van der Waals surface area (Å²) in [4.78, 5) is 2.16. The van der Waals surface area contributed by atoms with Crippen LogP contribution in [-0.4, -0.2) is 23.1 Å². The van der Waals surface area contributed by atoms with Gasteiger partial charge in [-0.05, 0) is 36.9 Å². The van der Waals surface area contributed by atoms with Crippen molar-refractivity contribution in [1.29, 1.82) is 0 Å². The first kappa shape index (κ1) is 7.35. The molecular weight excluding hydrogens is 156 g/mol. The first-order valence-corrected chi connectivity index (χ1v) is 4.72. The molecule has 0 bridgehead atoms. The lowest BCUT2D eigenvalue weighted by Gasteiger charge is -2.15. The Hall–Kier alpha value is -0.310. The Balaban J connectivity index is 1.99. The number of hydrogen-bond acceptors (Lipinski definition) is 1. The third-order valence-electron chi connectivity index (χ3n) is 3.04. The molecule has 11 heavy (non-hydrogen) atoms. The van der Waals surface area contributed by atoms with Crippen molar-refractivity contribution in [3.63, 3.8) is 0 Å². The summed E-state index contributed by atoms with van der Waals surface area (Å²) in [5.41, 5.74) is 5.56. The van der Waals surface area contributed by atoms with Crippen LogP contribution in [0.25, 0.3) is 0 Å². The molecule has 2 N–H and O–H groups in total. The highest BCUT2D eigenvalue weighted by atomic mass is 32.1. The van der Waals surface area contributed by atoms with E-state index < -0.39 is 0 Å². The van der Waals surface area contributed by atoms with E-state index >= 15 is 0 Å². The second-order valence-corrected chi connectivity index (χ2v) is 4.11. The molecule has 0 aromatic rings. The van der Waals surface area contributed by atoms with Crippen LogP contribution in [-0.2, 0) is 0 Å². The molecule has 1 aliphatic heterocycles. The largest absolute Gasteiger partial charge is 0.376 e. The molecule has 1 heterocycles. The Labute approximate surface area is 72.7 Å². The standard InChI is InChI=1S/C8H14N2S/c9-8(11)10-4-6-2-1-3-7(6)5-10/h6-7H,1-5H2,(H2,9,11). The van der Waals surface area contributed by atoms with Crippen LogP contribution >= 0.6 is 12.2 Å². The number of thiocarbonyl (C=S) groups is 1. The predicted molar refractivity (Wildman–Crippen MR) is 49.2 cm³/mol. The minimum absolute atomic E-state index is 0.597. The molecule has 2 nitrogen and oxygen atoms in total. The van der Waals surface area contributed by atoms with E-state index in [1.807, 2.05) is 0 Å². The Morgan fingerprint density at radius 1 is 1.27 bits per heavy atom. The fraction of sp³-hybridized carbons (Fsp3) is 0.875. The summed E-state index contributed by atoms with van der Waals surface area (Å²) >= 11 is 4.94. The highest BCUT2D eigenvalue weighted by Gasteiger charge is 2.36. The summed E-state index contributed by atoms with van der Waals surface area (Å²) in [6.07, 6.45) is 4.20. The van der Waals surface area contributed by atoms with Crippen LogP contribution in [0.3, 0.4) is 0 Å². The van der Waals surface area contributed by atoms with Crippen molar-refractivity contribution in [3.8, 4) is 0 Å². The van der Waals surface area contributed by atoms with Crippen LogP contribution < -0.4 is 5.73 Å². The van der Waals surface area contributed by atoms with Crippen molar-refractivity contribution in [2.75, 3.05) is 13.1 Å². The van der Waals surface area contributed by atoms with Gasteiger partial charge >= 0.3 is 0 Å². The van der Waals surface area contributed by atoms with Crippen LogP contribution in [0.15, 0.2) is 0 Å². The monoisotopic (exact) mass is 170 g/mol. The molecule has 1 saturated carbocycles. The minimum atomic E-state index is 0.597. The predicted octanol–water partition coefficient (Wildman–Crippen LogP) is 0.962. The zero-order chi connectivity index (χ0) is 7.84. The number of likely N-dealkylation sites (tertiary alicyclic amines) is 1. The van der Waals surface area contributed by atoms with Crippen molar-refractivity contribution in [1.82, 2.24) is 4.90 Å². The Bertz CT molecular complexity index is 169. The molecule has 2 fully saturated rings. The number of hydrogen-bond donors (Lipinski definition) is 1. The van der Waals surface area contributed by atoms with Crippen molar-refractivity contribution < 1.29 is 0 Å².